The number of piperidine rings is 1. The highest BCUT2D eigenvalue weighted by molar-refractivity contribution is 5.71. The zero-order valence-corrected chi connectivity index (χ0v) is 18.6. The van der Waals surface area contributed by atoms with Gasteiger partial charge in [-0.1, -0.05) is 30.2 Å². The number of aryl methyl sites for hydroxylation is 3. The summed E-state index contributed by atoms with van der Waals surface area (Å²) in [6.45, 7) is 8.70. The van der Waals surface area contributed by atoms with Gasteiger partial charge < -0.3 is 4.57 Å². The number of hydrogen-bond donors (Lipinski definition) is 0. The maximum Gasteiger partial charge on any atom is 0.332 e. The van der Waals surface area contributed by atoms with Crippen LogP contribution in [0.3, 0.4) is 0 Å². The number of rotatable bonds is 4. The molecule has 2 aromatic heterocycles. The predicted molar refractivity (Wildman–Crippen MR) is 119 cm³/mol. The van der Waals surface area contributed by atoms with E-state index in [1.807, 2.05) is 4.57 Å². The molecule has 1 aliphatic rings. The summed E-state index contributed by atoms with van der Waals surface area (Å²) < 4.78 is 4.69. The molecule has 4 rings (SSSR count). The molecule has 1 aromatic carbocycles. The van der Waals surface area contributed by atoms with Gasteiger partial charge >= 0.3 is 5.69 Å². The molecular weight excluding hydrogens is 378 g/mol. The number of nitrogens with zero attached hydrogens (tertiary/aromatic N) is 5. The van der Waals surface area contributed by atoms with Gasteiger partial charge in [0, 0.05) is 26.7 Å². The monoisotopic (exact) mass is 409 g/mol. The van der Waals surface area contributed by atoms with Gasteiger partial charge in [0.25, 0.3) is 5.56 Å². The first-order valence-electron chi connectivity index (χ1n) is 10.7. The summed E-state index contributed by atoms with van der Waals surface area (Å²) in [6.07, 6.45) is 3.62. The summed E-state index contributed by atoms with van der Waals surface area (Å²) in [5.41, 5.74) is 3.87. The fraction of sp³-hybridized carbons (Fsp3) is 0.522. The average molecular weight is 410 g/mol. The number of imidazole rings is 1. The van der Waals surface area contributed by atoms with Crippen LogP contribution in [0.25, 0.3) is 11.2 Å². The molecule has 0 bridgehead atoms. The summed E-state index contributed by atoms with van der Waals surface area (Å²) in [6, 6.07) is 6.87. The highest BCUT2D eigenvalue weighted by atomic mass is 16.2. The van der Waals surface area contributed by atoms with Crippen LogP contribution in [0.2, 0.25) is 0 Å². The van der Waals surface area contributed by atoms with Crippen molar-refractivity contribution in [3.05, 3.63) is 61.6 Å². The van der Waals surface area contributed by atoms with Crippen molar-refractivity contribution in [2.24, 2.45) is 14.1 Å². The number of fused-ring (bicyclic) bond motifs is 1. The van der Waals surface area contributed by atoms with Gasteiger partial charge in [-0.15, -0.1) is 0 Å². The molecule has 7 heteroatoms. The molecule has 1 fully saturated rings. The number of aromatic nitrogens is 4. The Hall–Kier alpha value is -2.67. The molecule has 0 unspecified atom stereocenters. The van der Waals surface area contributed by atoms with Gasteiger partial charge in [0.05, 0.1) is 6.54 Å². The Labute approximate surface area is 176 Å². The average Bonchev–Trinajstić information content (AvgIpc) is 3.07. The van der Waals surface area contributed by atoms with Crippen LogP contribution in [-0.4, -0.2) is 36.2 Å². The Morgan fingerprint density at radius 3 is 2.57 bits per heavy atom. The lowest BCUT2D eigenvalue weighted by Crippen LogP contribution is -2.38. The molecule has 0 N–H and O–H groups in total. The zero-order chi connectivity index (χ0) is 21.6. The standard InChI is InChI=1S/C23H31N5O2/c1-15-9-10-16(2)18(12-15)13-28-19(14-27-11-7-6-8-17(27)3)24-21-20(28)22(29)26(5)23(30)25(21)4/h9-10,12,17H,6-8,11,13-14H2,1-5H3/t17-/m0/s1. The van der Waals surface area contributed by atoms with Crippen LogP contribution < -0.4 is 11.2 Å². The minimum Gasteiger partial charge on any atom is -0.317 e. The van der Waals surface area contributed by atoms with Crippen molar-refractivity contribution in [1.82, 2.24) is 23.6 Å². The molecule has 1 aliphatic heterocycles. The van der Waals surface area contributed by atoms with Gasteiger partial charge in [-0.05, 0) is 51.3 Å². The Morgan fingerprint density at radius 2 is 1.83 bits per heavy atom. The van der Waals surface area contributed by atoms with Gasteiger partial charge in [0.15, 0.2) is 11.2 Å². The lowest BCUT2D eigenvalue weighted by Gasteiger charge is -2.33. The van der Waals surface area contributed by atoms with E-state index in [1.165, 1.54) is 46.6 Å². The molecule has 1 atom stereocenters. The molecule has 0 saturated carbocycles. The fourth-order valence-electron chi connectivity index (χ4n) is 4.50. The van der Waals surface area contributed by atoms with Gasteiger partial charge in [-0.25, -0.2) is 9.78 Å². The number of benzene rings is 1. The van der Waals surface area contributed by atoms with E-state index in [4.69, 9.17) is 4.98 Å². The van der Waals surface area contributed by atoms with E-state index >= 15 is 0 Å². The molecular formula is C23H31N5O2. The summed E-state index contributed by atoms with van der Waals surface area (Å²) in [5.74, 6) is 0.845. The Balaban J connectivity index is 1.91. The normalized spacial score (nSPS) is 17.7. The molecule has 0 spiro atoms. The van der Waals surface area contributed by atoms with Crippen molar-refractivity contribution >= 4 is 11.2 Å². The third kappa shape index (κ3) is 3.51. The molecule has 0 amide bonds. The first kappa shape index (κ1) is 20.6. The van der Waals surface area contributed by atoms with Gasteiger partial charge in [-0.3, -0.25) is 18.8 Å². The maximum absolute atomic E-state index is 13.1. The van der Waals surface area contributed by atoms with Crippen molar-refractivity contribution in [3.8, 4) is 0 Å². The van der Waals surface area contributed by atoms with Crippen LogP contribution in [0.4, 0.5) is 0 Å². The third-order valence-electron chi connectivity index (χ3n) is 6.55. The van der Waals surface area contributed by atoms with Crippen molar-refractivity contribution in [1.29, 1.82) is 0 Å². The van der Waals surface area contributed by atoms with Crippen LogP contribution in [0.1, 0.15) is 48.7 Å². The summed E-state index contributed by atoms with van der Waals surface area (Å²) in [5, 5.41) is 0. The van der Waals surface area contributed by atoms with Crippen LogP contribution >= 0.6 is 0 Å². The summed E-state index contributed by atoms with van der Waals surface area (Å²) >= 11 is 0. The number of hydrogen-bond acceptors (Lipinski definition) is 4. The Bertz CT molecular complexity index is 1220. The van der Waals surface area contributed by atoms with Crippen molar-refractivity contribution in [3.63, 3.8) is 0 Å². The lowest BCUT2D eigenvalue weighted by atomic mass is 10.0. The quantitative estimate of drug-likeness (QED) is 0.664. The van der Waals surface area contributed by atoms with Crippen LogP contribution in [0.5, 0.6) is 0 Å². The molecule has 1 saturated heterocycles. The van der Waals surface area contributed by atoms with E-state index in [0.29, 0.717) is 30.3 Å². The highest BCUT2D eigenvalue weighted by Crippen LogP contribution is 2.22. The van der Waals surface area contributed by atoms with E-state index in [2.05, 4.69) is 43.9 Å². The lowest BCUT2D eigenvalue weighted by molar-refractivity contribution is 0.147. The van der Waals surface area contributed by atoms with E-state index in [9.17, 15) is 9.59 Å². The van der Waals surface area contributed by atoms with E-state index in [0.717, 1.165) is 17.9 Å². The first-order chi connectivity index (χ1) is 14.3. The highest BCUT2D eigenvalue weighted by Gasteiger charge is 2.24. The van der Waals surface area contributed by atoms with E-state index in [1.54, 1.807) is 7.05 Å². The predicted octanol–water partition coefficient (Wildman–Crippen LogP) is 2.47. The van der Waals surface area contributed by atoms with E-state index in [-0.39, 0.29) is 11.2 Å². The number of likely N-dealkylation sites (tertiary alicyclic amines) is 1. The second kappa shape index (κ2) is 7.87. The molecule has 0 radical (unpaired) electrons. The minimum atomic E-state index is -0.346. The van der Waals surface area contributed by atoms with E-state index < -0.39 is 0 Å². The van der Waals surface area contributed by atoms with Gasteiger partial charge in [-0.2, -0.15) is 0 Å². The summed E-state index contributed by atoms with van der Waals surface area (Å²) in [7, 11) is 3.22. The largest absolute Gasteiger partial charge is 0.332 e. The van der Waals surface area contributed by atoms with Crippen LogP contribution in [0.15, 0.2) is 27.8 Å². The van der Waals surface area contributed by atoms with Gasteiger partial charge in [0.2, 0.25) is 0 Å². The molecule has 3 aromatic rings. The second-order valence-electron chi connectivity index (χ2n) is 8.74. The van der Waals surface area contributed by atoms with Crippen molar-refractivity contribution < 1.29 is 0 Å². The second-order valence-corrected chi connectivity index (χ2v) is 8.74. The third-order valence-corrected chi connectivity index (χ3v) is 6.55. The summed E-state index contributed by atoms with van der Waals surface area (Å²) in [4.78, 5) is 32.9. The van der Waals surface area contributed by atoms with Crippen molar-refractivity contribution in [2.75, 3.05) is 6.54 Å². The molecule has 7 nitrogen and oxygen atoms in total. The van der Waals surface area contributed by atoms with Crippen LogP contribution in [-0.2, 0) is 27.2 Å². The zero-order valence-electron chi connectivity index (χ0n) is 18.6. The SMILES string of the molecule is Cc1ccc(C)c(Cn2c(CN3CCCC[C@@H]3C)nc3c2c(=O)n(C)c(=O)n3C)c1. The van der Waals surface area contributed by atoms with Crippen molar-refractivity contribution in [2.45, 2.75) is 59.2 Å². The van der Waals surface area contributed by atoms with Crippen LogP contribution in [0, 0.1) is 13.8 Å². The Kier molecular flexibility index (Phi) is 5.40. The first-order valence-corrected chi connectivity index (χ1v) is 10.7. The Morgan fingerprint density at radius 1 is 1.07 bits per heavy atom. The smallest absolute Gasteiger partial charge is 0.317 e. The fourth-order valence-corrected chi connectivity index (χ4v) is 4.50. The molecule has 160 valence electrons. The van der Waals surface area contributed by atoms with Gasteiger partial charge in [0.1, 0.15) is 5.82 Å². The minimum absolute atomic E-state index is 0.288. The topological polar surface area (TPSA) is 65.1 Å². The molecule has 3 heterocycles. The molecule has 30 heavy (non-hydrogen) atoms. The molecule has 0 aliphatic carbocycles. The maximum atomic E-state index is 13.1.